The normalized spacial score (nSPS) is 59.4. The summed E-state index contributed by atoms with van der Waals surface area (Å²) in [6, 6.07) is 0. The van der Waals surface area contributed by atoms with Gasteiger partial charge < -0.3 is 19.7 Å². The van der Waals surface area contributed by atoms with Crippen LogP contribution < -0.4 is 0 Å². The fourth-order valence-corrected chi connectivity index (χ4v) is 6.61. The summed E-state index contributed by atoms with van der Waals surface area (Å²) in [5.74, 6) is -1.89. The van der Waals surface area contributed by atoms with Crippen LogP contribution in [0, 0.1) is 29.6 Å². The van der Waals surface area contributed by atoms with Gasteiger partial charge in [-0.25, -0.2) is 4.79 Å². The average molecular weight is 348 g/mol. The Hall–Kier alpha value is -1.40. The molecule has 25 heavy (non-hydrogen) atoms. The van der Waals surface area contributed by atoms with Gasteiger partial charge in [-0.05, 0) is 25.2 Å². The first-order valence-corrected chi connectivity index (χ1v) is 9.31. The SMILES string of the molecule is C[C@@H]1C[C@H](C)C(=O)C2CC3[C@@H](O)[C@H]4O[C@]25/C(=C/1O)C(=O)O[C@]35C[C@H]4C. The van der Waals surface area contributed by atoms with Gasteiger partial charge in [-0.3, -0.25) is 4.79 Å². The second-order valence-electron chi connectivity index (χ2n) is 8.86. The van der Waals surface area contributed by atoms with Crippen LogP contribution in [0.3, 0.4) is 0 Å². The van der Waals surface area contributed by atoms with Gasteiger partial charge in [-0.15, -0.1) is 0 Å². The standard InChI is InChI=1S/C19H24O6/c1-7-4-8(2)14(21)12-17(23)25-18-6-9(3)16-15(22)10(18)5-11(13(7)20)19(12,18)24-16/h7-11,15-16,21-22H,4-6H2,1-3H3/b14-12-/t7-,8+,9+,10?,11?,15+,16-,18+,19-/m0/s1. The summed E-state index contributed by atoms with van der Waals surface area (Å²) < 4.78 is 12.3. The molecule has 6 nitrogen and oxygen atoms in total. The van der Waals surface area contributed by atoms with Crippen molar-refractivity contribution in [1.82, 2.24) is 0 Å². The Labute approximate surface area is 146 Å². The fourth-order valence-electron chi connectivity index (χ4n) is 6.61. The molecule has 2 saturated carbocycles. The zero-order chi connectivity index (χ0) is 17.9. The molecule has 6 aliphatic rings. The molecular weight excluding hydrogens is 324 g/mol. The van der Waals surface area contributed by atoms with E-state index in [1.807, 2.05) is 20.8 Å². The first kappa shape index (κ1) is 15.8. The van der Waals surface area contributed by atoms with E-state index in [4.69, 9.17) is 9.47 Å². The number of rotatable bonds is 0. The number of hydrogen-bond acceptors (Lipinski definition) is 6. The van der Waals surface area contributed by atoms with Crippen LogP contribution >= 0.6 is 0 Å². The Balaban J connectivity index is 1.82. The molecule has 136 valence electrons. The molecule has 0 aromatic rings. The maximum absolute atomic E-state index is 13.2. The third-order valence-corrected chi connectivity index (χ3v) is 7.57. The molecule has 2 N–H and O–H groups in total. The van der Waals surface area contributed by atoms with Crippen LogP contribution in [0.5, 0.6) is 0 Å². The van der Waals surface area contributed by atoms with Gasteiger partial charge in [-0.1, -0.05) is 20.8 Å². The zero-order valence-electron chi connectivity index (χ0n) is 14.7. The van der Waals surface area contributed by atoms with Gasteiger partial charge in [0.15, 0.2) is 11.2 Å². The molecule has 0 amide bonds. The second kappa shape index (κ2) is 4.46. The molecule has 3 aliphatic carbocycles. The van der Waals surface area contributed by atoms with Crippen LogP contribution in [0.2, 0.25) is 0 Å². The lowest BCUT2D eigenvalue weighted by molar-refractivity contribution is -0.300. The Kier molecular flexibility index (Phi) is 2.83. The van der Waals surface area contributed by atoms with Gasteiger partial charge in [0.25, 0.3) is 0 Å². The van der Waals surface area contributed by atoms with Crippen molar-refractivity contribution in [1.29, 1.82) is 0 Å². The molecule has 6 rings (SSSR count). The molecule has 6 heteroatoms. The number of esters is 1. The lowest BCUT2D eigenvalue weighted by Crippen LogP contribution is -2.72. The highest BCUT2D eigenvalue weighted by Gasteiger charge is 2.84. The van der Waals surface area contributed by atoms with Crippen molar-refractivity contribution in [2.75, 3.05) is 0 Å². The van der Waals surface area contributed by atoms with Crippen molar-refractivity contribution in [2.45, 2.75) is 63.4 Å². The third-order valence-electron chi connectivity index (χ3n) is 7.57. The maximum atomic E-state index is 13.2. The second-order valence-corrected chi connectivity index (χ2v) is 8.86. The highest BCUT2D eigenvalue weighted by Crippen LogP contribution is 2.70. The summed E-state index contributed by atoms with van der Waals surface area (Å²) >= 11 is 0. The molecular formula is C19H24O6. The topological polar surface area (TPSA) is 93.1 Å². The predicted molar refractivity (Wildman–Crippen MR) is 85.4 cm³/mol. The van der Waals surface area contributed by atoms with E-state index in [0.29, 0.717) is 19.3 Å². The van der Waals surface area contributed by atoms with E-state index in [1.54, 1.807) is 0 Å². The number of fused-ring (bicyclic) bond motifs is 1. The number of carbonyl (C=O) groups is 2. The largest absolute Gasteiger partial charge is 0.511 e. The van der Waals surface area contributed by atoms with E-state index in [9.17, 15) is 19.8 Å². The summed E-state index contributed by atoms with van der Waals surface area (Å²) in [4.78, 5) is 26.1. The van der Waals surface area contributed by atoms with E-state index in [0.717, 1.165) is 0 Å². The van der Waals surface area contributed by atoms with E-state index in [-0.39, 0.29) is 40.8 Å². The fraction of sp³-hybridized carbons (Fsp3) is 0.789. The highest BCUT2D eigenvalue weighted by atomic mass is 16.6. The number of carbonyl (C=O) groups excluding carboxylic acids is 2. The number of hydrogen-bond donors (Lipinski definition) is 2. The van der Waals surface area contributed by atoms with E-state index >= 15 is 0 Å². The van der Waals surface area contributed by atoms with E-state index in [1.165, 1.54) is 0 Å². The van der Waals surface area contributed by atoms with Gasteiger partial charge in [0.2, 0.25) is 0 Å². The van der Waals surface area contributed by atoms with Crippen LogP contribution in [0.15, 0.2) is 11.3 Å². The first-order valence-electron chi connectivity index (χ1n) is 9.31. The van der Waals surface area contributed by atoms with Crippen LogP contribution in [0.25, 0.3) is 0 Å². The van der Waals surface area contributed by atoms with Crippen LogP contribution in [-0.2, 0) is 19.1 Å². The Morgan fingerprint density at radius 3 is 2.56 bits per heavy atom. The van der Waals surface area contributed by atoms with Crippen LogP contribution in [0.4, 0.5) is 0 Å². The monoisotopic (exact) mass is 348 g/mol. The van der Waals surface area contributed by atoms with Crippen molar-refractivity contribution in [3.05, 3.63) is 11.3 Å². The van der Waals surface area contributed by atoms with E-state index < -0.39 is 35.3 Å². The lowest BCUT2D eigenvalue weighted by atomic mass is 9.59. The van der Waals surface area contributed by atoms with E-state index in [2.05, 4.69) is 0 Å². The minimum Gasteiger partial charge on any atom is -0.511 e. The van der Waals surface area contributed by atoms with Gasteiger partial charge in [0, 0.05) is 17.8 Å². The van der Waals surface area contributed by atoms with Crippen molar-refractivity contribution in [3.8, 4) is 0 Å². The van der Waals surface area contributed by atoms with Crippen molar-refractivity contribution >= 4 is 11.8 Å². The molecule has 4 bridgehead atoms. The number of aliphatic hydroxyl groups is 2. The van der Waals surface area contributed by atoms with Crippen molar-refractivity contribution in [2.24, 2.45) is 29.6 Å². The van der Waals surface area contributed by atoms with Crippen LogP contribution in [-0.4, -0.2) is 45.4 Å². The summed E-state index contributed by atoms with van der Waals surface area (Å²) in [7, 11) is 0. The first-order chi connectivity index (χ1) is 11.7. The zero-order valence-corrected chi connectivity index (χ0v) is 14.7. The Morgan fingerprint density at radius 1 is 1.12 bits per heavy atom. The quantitative estimate of drug-likeness (QED) is 0.645. The average Bonchev–Trinajstić information content (AvgIpc) is 2.90. The number of ether oxygens (including phenoxy) is 2. The molecule has 2 unspecified atom stereocenters. The molecule has 3 heterocycles. The number of allylic oxidation sites excluding steroid dienone is 1. The molecule has 0 aromatic carbocycles. The summed E-state index contributed by atoms with van der Waals surface area (Å²) in [6.07, 6.45) is 0.318. The molecule has 9 atom stereocenters. The number of aliphatic hydroxyl groups excluding tert-OH is 2. The summed E-state index contributed by atoms with van der Waals surface area (Å²) in [5, 5.41) is 21.7. The molecule has 5 fully saturated rings. The van der Waals surface area contributed by atoms with Gasteiger partial charge >= 0.3 is 5.97 Å². The molecule has 2 spiro atoms. The molecule has 3 aliphatic heterocycles. The molecule has 0 aromatic heterocycles. The van der Waals surface area contributed by atoms with Gasteiger partial charge in [0.05, 0.1) is 18.1 Å². The number of Topliss-reactive ketones (excluding diaryl/α,β-unsaturated/α-hetero) is 1. The number of ketones is 1. The smallest absolute Gasteiger partial charge is 0.341 e. The highest BCUT2D eigenvalue weighted by molar-refractivity contribution is 5.99. The lowest BCUT2D eigenvalue weighted by Gasteiger charge is -2.58. The Bertz CT molecular complexity index is 727. The molecule has 0 radical (unpaired) electrons. The Morgan fingerprint density at radius 2 is 1.84 bits per heavy atom. The molecule has 3 saturated heterocycles. The summed E-state index contributed by atoms with van der Waals surface area (Å²) in [5.41, 5.74) is -2.11. The van der Waals surface area contributed by atoms with Crippen molar-refractivity contribution in [3.63, 3.8) is 0 Å². The maximum Gasteiger partial charge on any atom is 0.341 e. The third kappa shape index (κ3) is 1.48. The summed E-state index contributed by atoms with van der Waals surface area (Å²) in [6.45, 7) is 5.68. The van der Waals surface area contributed by atoms with Gasteiger partial charge in [-0.2, -0.15) is 0 Å². The van der Waals surface area contributed by atoms with Crippen molar-refractivity contribution < 1.29 is 29.3 Å². The van der Waals surface area contributed by atoms with Gasteiger partial charge in [0.1, 0.15) is 17.1 Å². The minimum absolute atomic E-state index is 0.00145. The van der Waals surface area contributed by atoms with Crippen LogP contribution in [0.1, 0.15) is 40.0 Å². The predicted octanol–water partition coefficient (Wildman–Crippen LogP) is 1.51. The minimum atomic E-state index is -1.23.